The lowest BCUT2D eigenvalue weighted by molar-refractivity contribution is -0.122. The summed E-state index contributed by atoms with van der Waals surface area (Å²) in [6.07, 6.45) is 4.92. The minimum absolute atomic E-state index is 0.267. The van der Waals surface area contributed by atoms with E-state index >= 15 is 0 Å². The first-order valence-corrected chi connectivity index (χ1v) is 5.09. The van der Waals surface area contributed by atoms with Crippen LogP contribution in [0.15, 0.2) is 0 Å². The van der Waals surface area contributed by atoms with Gasteiger partial charge in [-0.05, 0) is 12.8 Å². The van der Waals surface area contributed by atoms with Crippen molar-refractivity contribution in [3.8, 4) is 0 Å². The number of amides is 1. The lowest BCUT2D eigenvalue weighted by atomic mass is 10.1. The highest BCUT2D eigenvalue weighted by Crippen LogP contribution is 1.99. The van der Waals surface area contributed by atoms with E-state index < -0.39 is 12.1 Å². The molecule has 0 bridgehead atoms. The van der Waals surface area contributed by atoms with Crippen molar-refractivity contribution in [1.29, 1.82) is 0 Å². The van der Waals surface area contributed by atoms with E-state index in [1.807, 2.05) is 20.1 Å². The SMILES string of the molecule is CCCC[C@@H]([C]=O)NC(=O)[C@@H](N)CC. The summed E-state index contributed by atoms with van der Waals surface area (Å²) in [4.78, 5) is 21.8. The molecule has 4 heteroatoms. The van der Waals surface area contributed by atoms with Crippen molar-refractivity contribution >= 4 is 12.2 Å². The Balaban J connectivity index is 3.91. The number of hydrogen-bond donors (Lipinski definition) is 2. The summed E-state index contributed by atoms with van der Waals surface area (Å²) in [6.45, 7) is 3.86. The van der Waals surface area contributed by atoms with Crippen molar-refractivity contribution in [3.63, 3.8) is 0 Å². The number of rotatable bonds is 7. The lowest BCUT2D eigenvalue weighted by Crippen LogP contribution is -2.45. The van der Waals surface area contributed by atoms with Crippen molar-refractivity contribution in [2.45, 2.75) is 51.6 Å². The Morgan fingerprint density at radius 1 is 1.50 bits per heavy atom. The molecule has 0 aliphatic heterocycles. The molecule has 14 heavy (non-hydrogen) atoms. The van der Waals surface area contributed by atoms with Crippen molar-refractivity contribution in [2.75, 3.05) is 0 Å². The molecule has 0 saturated carbocycles. The molecule has 0 aromatic heterocycles. The zero-order chi connectivity index (χ0) is 11.0. The molecule has 1 radical (unpaired) electrons. The summed E-state index contributed by atoms with van der Waals surface area (Å²) in [5.41, 5.74) is 5.51. The van der Waals surface area contributed by atoms with E-state index in [0.717, 1.165) is 12.8 Å². The predicted octanol–water partition coefficient (Wildman–Crippen LogP) is 0.508. The van der Waals surface area contributed by atoms with E-state index in [1.54, 1.807) is 0 Å². The summed E-state index contributed by atoms with van der Waals surface area (Å²) in [5.74, 6) is -0.267. The van der Waals surface area contributed by atoms with Crippen LogP contribution >= 0.6 is 0 Å². The number of nitrogens with one attached hydrogen (secondary N) is 1. The van der Waals surface area contributed by atoms with Crippen LogP contribution in [0, 0.1) is 0 Å². The fraction of sp³-hybridized carbons (Fsp3) is 0.800. The van der Waals surface area contributed by atoms with Crippen LogP contribution in [0.25, 0.3) is 0 Å². The average Bonchev–Trinajstić information content (AvgIpc) is 2.22. The summed E-state index contributed by atoms with van der Waals surface area (Å²) < 4.78 is 0. The molecule has 0 fully saturated rings. The molecule has 3 N–H and O–H groups in total. The fourth-order valence-electron chi connectivity index (χ4n) is 1.03. The van der Waals surface area contributed by atoms with Crippen molar-refractivity contribution in [2.24, 2.45) is 5.73 Å². The topological polar surface area (TPSA) is 72.2 Å². The smallest absolute Gasteiger partial charge is 0.237 e. The van der Waals surface area contributed by atoms with Crippen LogP contribution < -0.4 is 11.1 Å². The summed E-state index contributed by atoms with van der Waals surface area (Å²) in [6, 6.07) is -1.02. The van der Waals surface area contributed by atoms with Gasteiger partial charge >= 0.3 is 0 Å². The van der Waals surface area contributed by atoms with E-state index in [9.17, 15) is 9.59 Å². The zero-order valence-electron chi connectivity index (χ0n) is 8.88. The summed E-state index contributed by atoms with van der Waals surface area (Å²) in [5, 5.41) is 2.56. The normalized spacial score (nSPS) is 14.5. The van der Waals surface area contributed by atoms with Crippen molar-refractivity contribution in [1.82, 2.24) is 5.32 Å². The molecule has 2 atom stereocenters. The van der Waals surface area contributed by atoms with E-state index in [2.05, 4.69) is 5.32 Å². The van der Waals surface area contributed by atoms with Crippen molar-refractivity contribution in [3.05, 3.63) is 0 Å². The highest BCUT2D eigenvalue weighted by atomic mass is 16.2. The van der Waals surface area contributed by atoms with Gasteiger partial charge in [-0.25, -0.2) is 0 Å². The second kappa shape index (κ2) is 7.50. The molecular weight excluding hydrogens is 180 g/mol. The molecule has 0 unspecified atom stereocenters. The minimum Gasteiger partial charge on any atom is -0.344 e. The van der Waals surface area contributed by atoms with Gasteiger partial charge in [0.1, 0.15) is 0 Å². The van der Waals surface area contributed by atoms with Gasteiger partial charge in [-0.1, -0.05) is 26.7 Å². The van der Waals surface area contributed by atoms with Gasteiger partial charge in [-0.15, -0.1) is 0 Å². The minimum atomic E-state index is -0.521. The van der Waals surface area contributed by atoms with Gasteiger partial charge in [0, 0.05) is 0 Å². The second-order valence-electron chi connectivity index (χ2n) is 3.34. The van der Waals surface area contributed by atoms with Crippen LogP contribution in [0.3, 0.4) is 0 Å². The number of nitrogens with two attached hydrogens (primary N) is 1. The largest absolute Gasteiger partial charge is 0.344 e. The molecule has 0 spiro atoms. The maximum Gasteiger partial charge on any atom is 0.237 e. The van der Waals surface area contributed by atoms with Gasteiger partial charge in [0.15, 0.2) is 0 Å². The number of unbranched alkanes of at least 4 members (excludes halogenated alkanes) is 1. The molecule has 0 aliphatic carbocycles. The third-order valence-corrected chi connectivity index (χ3v) is 2.08. The molecule has 0 heterocycles. The standard InChI is InChI=1S/C10H19N2O2/c1-3-5-6-8(7-13)12-10(14)9(11)4-2/h8-9H,3-6,11H2,1-2H3,(H,12,14)/t8-,9-/m0/s1. The summed E-state index contributed by atoms with van der Waals surface area (Å²) in [7, 11) is 0. The van der Waals surface area contributed by atoms with Crippen molar-refractivity contribution < 1.29 is 9.59 Å². The van der Waals surface area contributed by atoms with Gasteiger partial charge < -0.3 is 11.1 Å². The Morgan fingerprint density at radius 2 is 2.14 bits per heavy atom. The van der Waals surface area contributed by atoms with Crippen LogP contribution in [0.4, 0.5) is 0 Å². The summed E-state index contributed by atoms with van der Waals surface area (Å²) >= 11 is 0. The molecular formula is C10H19N2O2. The predicted molar refractivity (Wildman–Crippen MR) is 55.4 cm³/mol. The maximum atomic E-state index is 11.3. The first-order chi connectivity index (χ1) is 6.65. The first-order valence-electron chi connectivity index (χ1n) is 5.09. The van der Waals surface area contributed by atoms with Crippen LogP contribution in [0.1, 0.15) is 39.5 Å². The van der Waals surface area contributed by atoms with Crippen LogP contribution in [0.5, 0.6) is 0 Å². The zero-order valence-corrected chi connectivity index (χ0v) is 8.88. The molecule has 0 aromatic carbocycles. The van der Waals surface area contributed by atoms with Crippen LogP contribution in [-0.4, -0.2) is 24.3 Å². The maximum absolute atomic E-state index is 11.3. The van der Waals surface area contributed by atoms with Gasteiger partial charge in [-0.3, -0.25) is 9.59 Å². The van der Waals surface area contributed by atoms with Gasteiger partial charge in [0.05, 0.1) is 12.1 Å². The van der Waals surface area contributed by atoms with Crippen LogP contribution in [0.2, 0.25) is 0 Å². The monoisotopic (exact) mass is 199 g/mol. The van der Waals surface area contributed by atoms with Gasteiger partial charge in [0.25, 0.3) is 0 Å². The Kier molecular flexibility index (Phi) is 7.02. The lowest BCUT2D eigenvalue weighted by Gasteiger charge is -2.14. The third kappa shape index (κ3) is 4.97. The van der Waals surface area contributed by atoms with E-state index in [0.29, 0.717) is 12.8 Å². The molecule has 4 nitrogen and oxygen atoms in total. The van der Waals surface area contributed by atoms with E-state index in [4.69, 9.17) is 5.73 Å². The van der Waals surface area contributed by atoms with Crippen LogP contribution in [-0.2, 0) is 9.59 Å². The molecule has 1 amide bonds. The molecule has 0 saturated heterocycles. The number of carbonyl (C=O) groups excluding carboxylic acids is 2. The second-order valence-corrected chi connectivity index (χ2v) is 3.34. The van der Waals surface area contributed by atoms with E-state index in [-0.39, 0.29) is 5.91 Å². The number of hydrogen-bond acceptors (Lipinski definition) is 3. The Labute approximate surface area is 85.2 Å². The Hall–Kier alpha value is -0.900. The van der Waals surface area contributed by atoms with E-state index in [1.165, 1.54) is 0 Å². The Bertz CT molecular complexity index is 183. The Morgan fingerprint density at radius 3 is 2.57 bits per heavy atom. The molecule has 0 aliphatic rings. The first kappa shape index (κ1) is 13.1. The molecule has 0 aromatic rings. The average molecular weight is 199 g/mol. The van der Waals surface area contributed by atoms with Gasteiger partial charge in [0.2, 0.25) is 12.2 Å². The number of carbonyl (C=O) groups is 1. The highest BCUT2D eigenvalue weighted by Gasteiger charge is 2.15. The third-order valence-electron chi connectivity index (χ3n) is 2.08. The van der Waals surface area contributed by atoms with Gasteiger partial charge in [-0.2, -0.15) is 0 Å². The fourth-order valence-corrected chi connectivity index (χ4v) is 1.03. The molecule has 0 rings (SSSR count). The molecule has 81 valence electrons. The highest BCUT2D eigenvalue weighted by molar-refractivity contribution is 5.84. The quantitative estimate of drug-likeness (QED) is 0.627.